The maximum absolute atomic E-state index is 10.7. The van der Waals surface area contributed by atoms with Crippen molar-refractivity contribution >= 4 is 5.78 Å². The first-order valence-electron chi connectivity index (χ1n) is 6.19. The maximum Gasteiger partial charge on any atom is 0.136 e. The predicted molar refractivity (Wildman–Crippen MR) is 71.6 cm³/mol. The van der Waals surface area contributed by atoms with E-state index in [4.69, 9.17) is 5.73 Å². The van der Waals surface area contributed by atoms with Crippen molar-refractivity contribution in [2.75, 3.05) is 0 Å². The molecule has 0 radical (unpaired) electrons. The van der Waals surface area contributed by atoms with Crippen LogP contribution in [0.25, 0.3) is 0 Å². The van der Waals surface area contributed by atoms with Crippen LogP contribution in [0.5, 0.6) is 0 Å². The van der Waals surface area contributed by atoms with Crippen LogP contribution >= 0.6 is 0 Å². The highest BCUT2D eigenvalue weighted by atomic mass is 16.1. The second kappa shape index (κ2) is 7.80. The minimum absolute atomic E-state index is 0.396. The van der Waals surface area contributed by atoms with Crippen LogP contribution in [0.3, 0.4) is 0 Å². The summed E-state index contributed by atoms with van der Waals surface area (Å²) in [5.74, 6) is 0.396. The van der Waals surface area contributed by atoms with E-state index in [0.29, 0.717) is 18.7 Å². The van der Waals surface area contributed by atoms with Crippen molar-refractivity contribution in [3.05, 3.63) is 47.5 Å². The lowest BCUT2D eigenvalue weighted by atomic mass is 9.97. The molecule has 0 aliphatic heterocycles. The highest BCUT2D eigenvalue weighted by molar-refractivity contribution is 5.81. The molecule has 0 spiro atoms. The van der Waals surface area contributed by atoms with Crippen LogP contribution in [0.4, 0.5) is 0 Å². The zero-order valence-corrected chi connectivity index (χ0v) is 10.5. The Bertz CT molecular complexity index is 368. The van der Waals surface area contributed by atoms with Gasteiger partial charge >= 0.3 is 0 Å². The predicted octanol–water partition coefficient (Wildman–Crippen LogP) is 3.22. The Morgan fingerprint density at radius 2 is 1.88 bits per heavy atom. The first-order valence-corrected chi connectivity index (χ1v) is 6.19. The summed E-state index contributed by atoms with van der Waals surface area (Å²) in [5.41, 5.74) is 7.99. The largest absolute Gasteiger partial charge is 0.326 e. The van der Waals surface area contributed by atoms with Crippen molar-refractivity contribution < 1.29 is 4.79 Å². The van der Waals surface area contributed by atoms with E-state index in [2.05, 4.69) is 13.0 Å². The zero-order valence-electron chi connectivity index (χ0n) is 10.5. The molecule has 2 nitrogen and oxygen atoms in total. The van der Waals surface area contributed by atoms with Crippen LogP contribution in [0.2, 0.25) is 0 Å². The van der Waals surface area contributed by atoms with Crippen molar-refractivity contribution in [2.45, 2.75) is 39.2 Å². The molecule has 92 valence electrons. The van der Waals surface area contributed by atoms with Gasteiger partial charge in [0.15, 0.2) is 0 Å². The van der Waals surface area contributed by atoms with Crippen LogP contribution in [-0.4, -0.2) is 5.78 Å². The first-order chi connectivity index (χ1) is 8.26. The van der Waals surface area contributed by atoms with Gasteiger partial charge in [0.05, 0.1) is 0 Å². The van der Waals surface area contributed by atoms with E-state index in [1.165, 1.54) is 11.1 Å². The quantitative estimate of drug-likeness (QED) is 0.794. The molecule has 0 atom stereocenters. The van der Waals surface area contributed by atoms with Crippen LogP contribution in [0.1, 0.15) is 38.2 Å². The van der Waals surface area contributed by atoms with Gasteiger partial charge in [0.2, 0.25) is 0 Å². The Morgan fingerprint density at radius 1 is 1.18 bits per heavy atom. The third-order valence-corrected chi connectivity index (χ3v) is 2.88. The summed E-state index contributed by atoms with van der Waals surface area (Å²) in [6, 6.07) is 9.99. The molecular weight excluding hydrogens is 210 g/mol. The average molecular weight is 231 g/mol. The Hall–Kier alpha value is -1.41. The molecule has 1 aliphatic carbocycles. The molecule has 0 bridgehead atoms. The van der Waals surface area contributed by atoms with Gasteiger partial charge in [0.1, 0.15) is 5.78 Å². The summed E-state index contributed by atoms with van der Waals surface area (Å²) in [4.78, 5) is 10.7. The summed E-state index contributed by atoms with van der Waals surface area (Å²) in [7, 11) is 0. The van der Waals surface area contributed by atoms with Gasteiger partial charge in [-0.05, 0) is 18.4 Å². The molecule has 1 aromatic rings. The van der Waals surface area contributed by atoms with Crippen molar-refractivity contribution in [3.63, 3.8) is 0 Å². The number of carbonyl (C=O) groups excluding carboxylic acids is 1. The molecule has 0 aromatic heterocycles. The molecule has 1 aliphatic rings. The smallest absolute Gasteiger partial charge is 0.136 e. The molecule has 0 unspecified atom stereocenters. The normalized spacial score (nSPS) is 14.7. The van der Waals surface area contributed by atoms with E-state index in [-0.39, 0.29) is 0 Å². The first kappa shape index (κ1) is 13.7. The van der Waals surface area contributed by atoms with Crippen LogP contribution in [-0.2, 0) is 11.3 Å². The van der Waals surface area contributed by atoms with Gasteiger partial charge in [-0.3, -0.25) is 4.79 Å². The van der Waals surface area contributed by atoms with Crippen molar-refractivity contribution in [2.24, 2.45) is 5.73 Å². The highest BCUT2D eigenvalue weighted by Crippen LogP contribution is 2.16. The third kappa shape index (κ3) is 5.45. The minimum atomic E-state index is 0.396. The summed E-state index contributed by atoms with van der Waals surface area (Å²) < 4.78 is 0. The fourth-order valence-corrected chi connectivity index (χ4v) is 1.70. The number of nitrogens with two attached hydrogens (primary N) is 1. The molecule has 0 saturated heterocycles. The van der Waals surface area contributed by atoms with E-state index in [9.17, 15) is 4.79 Å². The Labute approximate surface area is 104 Å². The fraction of sp³-hybridized carbons (Fsp3) is 0.400. The average Bonchev–Trinajstić information content (AvgIpc) is 2.41. The molecule has 2 N–H and O–H groups in total. The molecule has 1 aromatic carbocycles. The van der Waals surface area contributed by atoms with E-state index in [1.54, 1.807) is 0 Å². The number of benzene rings is 1. The maximum atomic E-state index is 10.7. The molecule has 0 amide bonds. The second-order valence-electron chi connectivity index (χ2n) is 4.15. The van der Waals surface area contributed by atoms with Crippen LogP contribution in [0.15, 0.2) is 42.0 Å². The molecule has 0 saturated carbocycles. The summed E-state index contributed by atoms with van der Waals surface area (Å²) in [6.07, 6.45) is 5.66. The van der Waals surface area contributed by atoms with E-state index in [0.717, 1.165) is 19.3 Å². The highest BCUT2D eigenvalue weighted by Gasteiger charge is 2.07. The van der Waals surface area contributed by atoms with Gasteiger partial charge in [-0.25, -0.2) is 0 Å². The molecule has 17 heavy (non-hydrogen) atoms. The van der Waals surface area contributed by atoms with Gasteiger partial charge in [-0.1, -0.05) is 48.9 Å². The fourth-order valence-electron chi connectivity index (χ4n) is 1.70. The van der Waals surface area contributed by atoms with Gasteiger partial charge in [0, 0.05) is 19.4 Å². The Morgan fingerprint density at radius 3 is 2.29 bits per heavy atom. The van der Waals surface area contributed by atoms with Crippen LogP contribution in [0, 0.1) is 0 Å². The SMILES string of the molecule is CCC1=CCC(=O)CC1.NCc1ccccc1. The summed E-state index contributed by atoms with van der Waals surface area (Å²) in [5, 5.41) is 0. The number of allylic oxidation sites excluding steroid dienone is 2. The monoisotopic (exact) mass is 231 g/mol. The lowest BCUT2D eigenvalue weighted by molar-refractivity contribution is -0.118. The van der Waals surface area contributed by atoms with E-state index >= 15 is 0 Å². The van der Waals surface area contributed by atoms with Gasteiger partial charge in [0.25, 0.3) is 0 Å². The number of carbonyl (C=O) groups is 1. The molecule has 2 rings (SSSR count). The number of rotatable bonds is 2. The molecule has 2 heteroatoms. The number of Topliss-reactive ketones (excluding diaryl/α,β-unsaturated/α-hetero) is 1. The van der Waals surface area contributed by atoms with Gasteiger partial charge in [-0.2, -0.15) is 0 Å². The van der Waals surface area contributed by atoms with E-state index < -0.39 is 0 Å². The second-order valence-corrected chi connectivity index (χ2v) is 4.15. The number of hydrogen-bond acceptors (Lipinski definition) is 2. The van der Waals surface area contributed by atoms with E-state index in [1.807, 2.05) is 30.3 Å². The Kier molecular flexibility index (Phi) is 6.26. The number of hydrogen-bond donors (Lipinski definition) is 1. The summed E-state index contributed by atoms with van der Waals surface area (Å²) in [6.45, 7) is 2.78. The molecule has 0 heterocycles. The lowest BCUT2D eigenvalue weighted by Gasteiger charge is -2.08. The topological polar surface area (TPSA) is 43.1 Å². The zero-order chi connectivity index (χ0) is 12.5. The number of ketones is 1. The standard InChI is InChI=1S/C8H12O.C7H9N/c1-2-7-3-5-8(9)6-4-7;8-6-7-4-2-1-3-5-7/h3H,2,4-6H2,1H3;1-5H,6,8H2. The lowest BCUT2D eigenvalue weighted by Crippen LogP contribution is -2.02. The van der Waals surface area contributed by atoms with Crippen molar-refractivity contribution in [1.29, 1.82) is 0 Å². The molecule has 0 fully saturated rings. The summed E-state index contributed by atoms with van der Waals surface area (Å²) >= 11 is 0. The Balaban J connectivity index is 0.000000171. The minimum Gasteiger partial charge on any atom is -0.326 e. The third-order valence-electron chi connectivity index (χ3n) is 2.88. The van der Waals surface area contributed by atoms with Crippen molar-refractivity contribution in [3.8, 4) is 0 Å². The molecular formula is C15H21NO. The van der Waals surface area contributed by atoms with Gasteiger partial charge in [-0.15, -0.1) is 0 Å². The van der Waals surface area contributed by atoms with Gasteiger partial charge < -0.3 is 5.73 Å². The van der Waals surface area contributed by atoms with Crippen molar-refractivity contribution in [1.82, 2.24) is 0 Å². The van der Waals surface area contributed by atoms with Crippen LogP contribution < -0.4 is 5.73 Å².